The lowest BCUT2D eigenvalue weighted by molar-refractivity contribution is -0.133. The maximum Gasteiger partial charge on any atom is 0.143 e. The Bertz CT molecular complexity index is 943. The lowest BCUT2D eigenvalue weighted by Crippen LogP contribution is -2.60. The molecule has 5 rings (SSSR count). The van der Waals surface area contributed by atoms with Gasteiger partial charge in [0.05, 0.1) is 36.5 Å². The molecule has 0 unspecified atom stereocenters. The van der Waals surface area contributed by atoms with Crippen molar-refractivity contribution in [2.75, 3.05) is 31.2 Å². The zero-order valence-corrected chi connectivity index (χ0v) is 18.7. The number of anilines is 1. The summed E-state index contributed by atoms with van der Waals surface area (Å²) >= 11 is 0. The Morgan fingerprint density at radius 2 is 1.84 bits per heavy atom. The Morgan fingerprint density at radius 3 is 2.50 bits per heavy atom. The first-order valence-corrected chi connectivity index (χ1v) is 11.9. The molecule has 0 atom stereocenters. The Kier molecular flexibility index (Phi) is 6.02. The van der Waals surface area contributed by atoms with Crippen molar-refractivity contribution in [1.82, 2.24) is 15.0 Å². The number of piperidine rings is 1. The summed E-state index contributed by atoms with van der Waals surface area (Å²) in [6.45, 7) is 3.18. The molecule has 0 radical (unpaired) electrons. The molecular formula is C25H34N6O. The van der Waals surface area contributed by atoms with E-state index in [1.165, 1.54) is 56.2 Å². The van der Waals surface area contributed by atoms with Crippen molar-refractivity contribution in [3.8, 4) is 0 Å². The number of hydrogen-bond donors (Lipinski definition) is 2. The molecule has 3 aliphatic rings. The number of nitrogens with two attached hydrogens (primary N) is 2. The number of pyridine rings is 2. The maximum absolute atomic E-state index is 6.55. The van der Waals surface area contributed by atoms with Gasteiger partial charge in [-0.2, -0.15) is 0 Å². The van der Waals surface area contributed by atoms with E-state index in [0.29, 0.717) is 24.8 Å². The number of hydrazine groups is 1. The van der Waals surface area contributed by atoms with Crippen molar-refractivity contribution >= 4 is 11.4 Å². The van der Waals surface area contributed by atoms with E-state index in [1.54, 1.807) is 11.2 Å². The van der Waals surface area contributed by atoms with E-state index in [1.807, 2.05) is 18.6 Å². The monoisotopic (exact) mass is 434 g/mol. The number of hydrogen-bond acceptors (Lipinski definition) is 7. The third kappa shape index (κ3) is 4.07. The Balaban J connectivity index is 1.34. The molecule has 2 aromatic heterocycles. The van der Waals surface area contributed by atoms with E-state index in [-0.39, 0.29) is 0 Å². The van der Waals surface area contributed by atoms with E-state index >= 15 is 0 Å². The second-order valence-electron chi connectivity index (χ2n) is 9.45. The summed E-state index contributed by atoms with van der Waals surface area (Å²) in [5.41, 5.74) is 10.9. The predicted molar refractivity (Wildman–Crippen MR) is 126 cm³/mol. The highest BCUT2D eigenvalue weighted by Gasteiger charge is 2.45. The maximum atomic E-state index is 6.55. The van der Waals surface area contributed by atoms with Crippen LogP contribution in [0.5, 0.6) is 0 Å². The van der Waals surface area contributed by atoms with Gasteiger partial charge in [0.2, 0.25) is 0 Å². The summed E-state index contributed by atoms with van der Waals surface area (Å²) in [5.74, 6) is 7.15. The van der Waals surface area contributed by atoms with Crippen molar-refractivity contribution in [3.05, 3.63) is 59.8 Å². The summed E-state index contributed by atoms with van der Waals surface area (Å²) in [5, 5.41) is 1.68. The highest BCUT2D eigenvalue weighted by atomic mass is 16.5. The first-order valence-electron chi connectivity index (χ1n) is 11.9. The fraction of sp³-hybridized carbons (Fsp3) is 0.520. The second kappa shape index (κ2) is 9.08. The summed E-state index contributed by atoms with van der Waals surface area (Å²) in [7, 11) is 0. The van der Waals surface area contributed by atoms with Crippen LogP contribution in [0.15, 0.2) is 43.0 Å². The number of rotatable bonds is 6. The molecule has 4 N–H and O–H groups in total. The van der Waals surface area contributed by atoms with Crippen LogP contribution >= 0.6 is 0 Å². The van der Waals surface area contributed by atoms with Gasteiger partial charge in [0.1, 0.15) is 5.54 Å². The molecular weight excluding hydrogens is 400 g/mol. The molecule has 2 aliphatic heterocycles. The van der Waals surface area contributed by atoms with Gasteiger partial charge in [0.15, 0.2) is 0 Å². The average molecular weight is 435 g/mol. The summed E-state index contributed by atoms with van der Waals surface area (Å²) in [6, 6.07) is 6.40. The van der Waals surface area contributed by atoms with Crippen LogP contribution in [-0.4, -0.2) is 41.3 Å². The van der Waals surface area contributed by atoms with Gasteiger partial charge in [-0.25, -0.2) is 5.84 Å². The Morgan fingerprint density at radius 1 is 1.06 bits per heavy atom. The predicted octanol–water partition coefficient (Wildman–Crippen LogP) is 3.48. The fourth-order valence-electron chi connectivity index (χ4n) is 5.17. The van der Waals surface area contributed by atoms with Crippen molar-refractivity contribution in [3.63, 3.8) is 0 Å². The van der Waals surface area contributed by atoms with Crippen LogP contribution < -0.4 is 16.5 Å². The van der Waals surface area contributed by atoms with Crippen LogP contribution in [-0.2, 0) is 10.3 Å². The second-order valence-corrected chi connectivity index (χ2v) is 9.45. The largest absolute Gasteiger partial charge is 0.397 e. The van der Waals surface area contributed by atoms with Crippen molar-refractivity contribution in [2.24, 2.45) is 11.6 Å². The molecule has 32 heavy (non-hydrogen) atoms. The summed E-state index contributed by atoms with van der Waals surface area (Å²) in [6.07, 6.45) is 16.4. The van der Waals surface area contributed by atoms with Crippen LogP contribution in [0.4, 0.5) is 5.69 Å². The molecule has 0 spiro atoms. The van der Waals surface area contributed by atoms with Gasteiger partial charge in [0, 0.05) is 37.2 Å². The van der Waals surface area contributed by atoms with Crippen molar-refractivity contribution < 1.29 is 4.74 Å². The standard InChI is InChI=1S/C25H34N6O/c26-23(21-12-20(13-28-14-21)19-6-2-3-7-19)16-31(27)25(17-32-18-25)24-9-8-22(15-29-24)30-10-4-1-5-11-30/h8-9,12-16,19H,1-7,10-11,17-18,26-27H2/b23-16-. The molecule has 7 heteroatoms. The summed E-state index contributed by atoms with van der Waals surface area (Å²) < 4.78 is 5.58. The van der Waals surface area contributed by atoms with Crippen LogP contribution in [0.1, 0.15) is 67.7 Å². The molecule has 170 valence electrons. The molecule has 1 aliphatic carbocycles. The molecule has 7 nitrogen and oxygen atoms in total. The van der Waals surface area contributed by atoms with Gasteiger partial charge in [-0.3, -0.25) is 15.0 Å². The minimum Gasteiger partial charge on any atom is -0.397 e. The van der Waals surface area contributed by atoms with Crippen LogP contribution in [0.2, 0.25) is 0 Å². The third-order valence-electron chi connectivity index (χ3n) is 7.32. The molecule has 4 heterocycles. The Labute approximate surface area is 190 Å². The number of nitrogens with zero attached hydrogens (tertiary/aromatic N) is 4. The minimum absolute atomic E-state index is 0.490. The first-order chi connectivity index (χ1) is 15.7. The summed E-state index contributed by atoms with van der Waals surface area (Å²) in [4.78, 5) is 11.6. The van der Waals surface area contributed by atoms with E-state index in [0.717, 1.165) is 24.3 Å². The van der Waals surface area contributed by atoms with Crippen molar-refractivity contribution in [1.29, 1.82) is 0 Å². The molecule has 1 saturated carbocycles. The number of ether oxygens (including phenoxy) is 1. The highest BCUT2D eigenvalue weighted by Crippen LogP contribution is 2.36. The van der Waals surface area contributed by atoms with Gasteiger partial charge in [-0.1, -0.05) is 12.8 Å². The molecule has 3 fully saturated rings. The van der Waals surface area contributed by atoms with Crippen LogP contribution in [0.25, 0.3) is 5.70 Å². The van der Waals surface area contributed by atoms with E-state index in [9.17, 15) is 0 Å². The van der Waals surface area contributed by atoms with Crippen molar-refractivity contribution in [2.45, 2.75) is 56.4 Å². The van der Waals surface area contributed by atoms with Crippen LogP contribution in [0, 0.1) is 0 Å². The SMILES string of the molecule is N/C(=C\N(N)C1(c2ccc(N3CCCCC3)cn2)COC1)c1cncc(C2CCCC2)c1. The van der Waals surface area contributed by atoms with Crippen LogP contribution in [0.3, 0.4) is 0 Å². The van der Waals surface area contributed by atoms with E-state index < -0.39 is 5.54 Å². The van der Waals surface area contributed by atoms with Gasteiger partial charge < -0.3 is 15.4 Å². The zero-order chi connectivity index (χ0) is 22.0. The van der Waals surface area contributed by atoms with Gasteiger partial charge in [-0.15, -0.1) is 0 Å². The first kappa shape index (κ1) is 21.2. The fourth-order valence-corrected chi connectivity index (χ4v) is 5.17. The number of aromatic nitrogens is 2. The highest BCUT2D eigenvalue weighted by molar-refractivity contribution is 5.62. The molecule has 2 aromatic rings. The normalized spacial score (nSPS) is 21.4. The lowest BCUT2D eigenvalue weighted by atomic mass is 9.91. The Hall–Kier alpha value is -2.64. The molecule has 2 saturated heterocycles. The molecule has 0 bridgehead atoms. The smallest absolute Gasteiger partial charge is 0.143 e. The third-order valence-corrected chi connectivity index (χ3v) is 7.32. The van der Waals surface area contributed by atoms with Gasteiger partial charge in [0.25, 0.3) is 0 Å². The lowest BCUT2D eigenvalue weighted by Gasteiger charge is -2.46. The topological polar surface area (TPSA) is 93.5 Å². The average Bonchev–Trinajstić information content (AvgIpc) is 3.35. The van der Waals surface area contributed by atoms with Gasteiger partial charge >= 0.3 is 0 Å². The minimum atomic E-state index is -0.498. The van der Waals surface area contributed by atoms with E-state index in [4.69, 9.17) is 21.3 Å². The quantitative estimate of drug-likeness (QED) is 0.531. The van der Waals surface area contributed by atoms with E-state index in [2.05, 4.69) is 28.1 Å². The molecule has 0 amide bonds. The molecule has 0 aromatic carbocycles. The zero-order valence-electron chi connectivity index (χ0n) is 18.7. The van der Waals surface area contributed by atoms with Gasteiger partial charge in [-0.05, 0) is 61.8 Å².